The second kappa shape index (κ2) is 14.7. The molecule has 160 valence electrons. The number of nitrogens with one attached hydrogen (secondary N) is 2. The van der Waals surface area contributed by atoms with Gasteiger partial charge in [0.05, 0.1) is 20.2 Å². The molecule has 1 aliphatic rings. The highest BCUT2D eigenvalue weighted by Gasteiger charge is 2.14. The van der Waals surface area contributed by atoms with Crippen LogP contribution in [-0.2, 0) is 0 Å². The zero-order valence-corrected chi connectivity index (χ0v) is 19.8. The first-order valence-electron chi connectivity index (χ1n) is 9.99. The van der Waals surface area contributed by atoms with E-state index in [0.29, 0.717) is 13.2 Å². The molecule has 1 heterocycles. The Morgan fingerprint density at radius 3 is 2.25 bits per heavy atom. The van der Waals surface area contributed by atoms with Gasteiger partial charge in [0.25, 0.3) is 0 Å². The van der Waals surface area contributed by atoms with Gasteiger partial charge in [-0.1, -0.05) is 6.92 Å². The molecule has 1 aliphatic heterocycles. The summed E-state index contributed by atoms with van der Waals surface area (Å²) in [7, 11) is 1.66. The van der Waals surface area contributed by atoms with Crippen molar-refractivity contribution in [2.45, 2.75) is 13.8 Å². The number of aliphatic imine (C=N–C) groups is 1. The van der Waals surface area contributed by atoms with Crippen LogP contribution in [0.2, 0.25) is 0 Å². The molecule has 2 N–H and O–H groups in total. The lowest BCUT2D eigenvalue weighted by Crippen LogP contribution is -2.47. The highest BCUT2D eigenvalue weighted by atomic mass is 127. The van der Waals surface area contributed by atoms with Crippen LogP contribution in [0.4, 0.5) is 0 Å². The predicted octanol–water partition coefficient (Wildman–Crippen LogP) is 1.88. The highest BCUT2D eigenvalue weighted by molar-refractivity contribution is 14.0. The number of piperazine rings is 1. The van der Waals surface area contributed by atoms with Gasteiger partial charge < -0.3 is 25.0 Å². The molecule has 8 heteroatoms. The summed E-state index contributed by atoms with van der Waals surface area (Å²) in [5.74, 6) is 2.52. The van der Waals surface area contributed by atoms with Crippen LogP contribution in [0, 0.1) is 0 Å². The van der Waals surface area contributed by atoms with Crippen LogP contribution in [-0.4, -0.2) is 88.4 Å². The number of hydrogen-bond donors (Lipinski definition) is 2. The molecule has 7 nitrogen and oxygen atoms in total. The van der Waals surface area contributed by atoms with Gasteiger partial charge in [-0.05, 0) is 37.7 Å². The summed E-state index contributed by atoms with van der Waals surface area (Å²) in [6, 6.07) is 7.62. The van der Waals surface area contributed by atoms with Gasteiger partial charge >= 0.3 is 0 Å². The van der Waals surface area contributed by atoms with Crippen molar-refractivity contribution >= 4 is 29.9 Å². The number of halogens is 1. The molecule has 0 atom stereocenters. The minimum absolute atomic E-state index is 0. The van der Waals surface area contributed by atoms with Crippen LogP contribution in [0.5, 0.6) is 11.5 Å². The number of benzene rings is 1. The van der Waals surface area contributed by atoms with E-state index in [4.69, 9.17) is 9.47 Å². The average molecular weight is 505 g/mol. The third-order valence-electron chi connectivity index (χ3n) is 4.67. The van der Waals surface area contributed by atoms with Crippen LogP contribution in [0.25, 0.3) is 0 Å². The average Bonchev–Trinajstić information content (AvgIpc) is 2.72. The van der Waals surface area contributed by atoms with Crippen LogP contribution in [0.3, 0.4) is 0 Å². The Labute approximate surface area is 186 Å². The van der Waals surface area contributed by atoms with Crippen molar-refractivity contribution in [1.82, 2.24) is 20.4 Å². The largest absolute Gasteiger partial charge is 0.497 e. The highest BCUT2D eigenvalue weighted by Crippen LogP contribution is 2.16. The van der Waals surface area contributed by atoms with Gasteiger partial charge in [0.2, 0.25) is 0 Å². The van der Waals surface area contributed by atoms with Crippen LogP contribution >= 0.6 is 24.0 Å². The van der Waals surface area contributed by atoms with Gasteiger partial charge in [-0.3, -0.25) is 9.89 Å². The van der Waals surface area contributed by atoms with E-state index in [0.717, 1.165) is 56.7 Å². The summed E-state index contributed by atoms with van der Waals surface area (Å²) < 4.78 is 10.9. The number of likely N-dealkylation sites (N-methyl/N-ethyl adjacent to an activating group) is 1. The summed E-state index contributed by atoms with van der Waals surface area (Å²) in [4.78, 5) is 9.67. The minimum atomic E-state index is 0. The lowest BCUT2D eigenvalue weighted by Gasteiger charge is -2.33. The second-order valence-corrected chi connectivity index (χ2v) is 6.49. The molecule has 0 aromatic heterocycles. The van der Waals surface area contributed by atoms with Crippen molar-refractivity contribution in [1.29, 1.82) is 0 Å². The Kier molecular flexibility index (Phi) is 13.0. The Morgan fingerprint density at radius 2 is 1.64 bits per heavy atom. The summed E-state index contributed by atoms with van der Waals surface area (Å²) in [6.07, 6.45) is 0. The Bertz CT molecular complexity index is 548. The number of ether oxygens (including phenoxy) is 2. The standard InChI is InChI=1S/C20H35N5O2.HI/c1-4-21-20(22-10-12-25-15-13-24(5-2)14-16-25)23-11-17-27-19-8-6-18(26-3)7-9-19;/h6-9H,4-5,10-17H2,1-3H3,(H2,21,22,23);1H. The van der Waals surface area contributed by atoms with Crippen molar-refractivity contribution < 1.29 is 9.47 Å². The summed E-state index contributed by atoms with van der Waals surface area (Å²) in [6.45, 7) is 14.0. The van der Waals surface area contributed by atoms with Gasteiger partial charge in [-0.2, -0.15) is 0 Å². The molecular formula is C20H36IN5O2. The zero-order chi connectivity index (χ0) is 19.3. The third kappa shape index (κ3) is 9.29. The smallest absolute Gasteiger partial charge is 0.191 e. The molecular weight excluding hydrogens is 469 g/mol. The monoisotopic (exact) mass is 505 g/mol. The Morgan fingerprint density at radius 1 is 1.00 bits per heavy atom. The molecule has 0 bridgehead atoms. The summed E-state index contributed by atoms with van der Waals surface area (Å²) >= 11 is 0. The summed E-state index contributed by atoms with van der Waals surface area (Å²) in [5, 5.41) is 6.62. The lowest BCUT2D eigenvalue weighted by atomic mass is 10.3. The van der Waals surface area contributed by atoms with E-state index >= 15 is 0 Å². The first-order chi connectivity index (χ1) is 13.2. The maximum atomic E-state index is 5.74. The van der Waals surface area contributed by atoms with E-state index in [-0.39, 0.29) is 24.0 Å². The molecule has 1 aromatic carbocycles. The van der Waals surface area contributed by atoms with Gasteiger partial charge in [-0.15, -0.1) is 24.0 Å². The van der Waals surface area contributed by atoms with Crippen LogP contribution in [0.1, 0.15) is 13.8 Å². The van der Waals surface area contributed by atoms with Crippen molar-refractivity contribution in [3.8, 4) is 11.5 Å². The minimum Gasteiger partial charge on any atom is -0.497 e. The van der Waals surface area contributed by atoms with Crippen molar-refractivity contribution in [2.24, 2.45) is 4.99 Å². The maximum absolute atomic E-state index is 5.74. The van der Waals surface area contributed by atoms with Crippen molar-refractivity contribution in [3.05, 3.63) is 24.3 Å². The second-order valence-electron chi connectivity index (χ2n) is 6.49. The number of rotatable bonds is 10. The van der Waals surface area contributed by atoms with Crippen LogP contribution < -0.4 is 20.1 Å². The fourth-order valence-electron chi connectivity index (χ4n) is 2.98. The molecule has 1 saturated heterocycles. The van der Waals surface area contributed by atoms with Crippen LogP contribution in [0.15, 0.2) is 29.3 Å². The molecule has 0 saturated carbocycles. The number of nitrogens with zero attached hydrogens (tertiary/aromatic N) is 3. The van der Waals surface area contributed by atoms with E-state index in [1.807, 2.05) is 24.3 Å². The quantitative estimate of drug-likeness (QED) is 0.219. The van der Waals surface area contributed by atoms with Gasteiger partial charge in [0.1, 0.15) is 18.1 Å². The van der Waals surface area contributed by atoms with Crippen molar-refractivity contribution in [3.63, 3.8) is 0 Å². The molecule has 1 fully saturated rings. The Hall–Kier alpha value is -1.26. The fourth-order valence-corrected chi connectivity index (χ4v) is 2.98. The number of guanidine groups is 1. The Balaban J connectivity index is 0.00000392. The first kappa shape index (κ1) is 24.8. The SMILES string of the molecule is CCNC(=NCCN1CCN(CC)CC1)NCCOc1ccc(OC)cc1.I. The van der Waals surface area contributed by atoms with Gasteiger partial charge in [-0.25, -0.2) is 0 Å². The van der Waals surface area contributed by atoms with E-state index in [1.165, 1.54) is 13.1 Å². The number of hydrogen-bond acceptors (Lipinski definition) is 5. The maximum Gasteiger partial charge on any atom is 0.191 e. The molecule has 0 aliphatic carbocycles. The van der Waals surface area contributed by atoms with Gasteiger partial charge in [0.15, 0.2) is 5.96 Å². The van der Waals surface area contributed by atoms with E-state index in [9.17, 15) is 0 Å². The van der Waals surface area contributed by atoms with E-state index < -0.39 is 0 Å². The predicted molar refractivity (Wildman–Crippen MR) is 126 cm³/mol. The topological polar surface area (TPSA) is 61.4 Å². The molecule has 28 heavy (non-hydrogen) atoms. The molecule has 0 radical (unpaired) electrons. The zero-order valence-electron chi connectivity index (χ0n) is 17.4. The van der Waals surface area contributed by atoms with Gasteiger partial charge in [0, 0.05) is 39.3 Å². The molecule has 0 unspecified atom stereocenters. The first-order valence-corrected chi connectivity index (χ1v) is 9.99. The lowest BCUT2D eigenvalue weighted by molar-refractivity contribution is 0.140. The fraction of sp³-hybridized carbons (Fsp3) is 0.650. The molecule has 1 aromatic rings. The summed E-state index contributed by atoms with van der Waals surface area (Å²) in [5.41, 5.74) is 0. The number of methoxy groups -OCH3 is 1. The van der Waals surface area contributed by atoms with E-state index in [1.54, 1.807) is 7.11 Å². The van der Waals surface area contributed by atoms with Crippen molar-refractivity contribution in [2.75, 3.05) is 72.6 Å². The third-order valence-corrected chi connectivity index (χ3v) is 4.67. The molecule has 2 rings (SSSR count). The van der Waals surface area contributed by atoms with E-state index in [2.05, 4.69) is 39.3 Å². The molecule has 0 amide bonds. The normalized spacial score (nSPS) is 15.6. The molecule has 0 spiro atoms.